The van der Waals surface area contributed by atoms with Crippen molar-refractivity contribution in [1.29, 1.82) is 0 Å². The Bertz CT molecular complexity index is 642. The molecule has 0 aliphatic rings. The third kappa shape index (κ3) is 4.88. The number of hydrogen-bond donors (Lipinski definition) is 3. The number of nitrogens with one attached hydrogen (secondary N) is 1. The summed E-state index contributed by atoms with van der Waals surface area (Å²) in [7, 11) is 3.24. The Morgan fingerprint density at radius 2 is 1.67 bits per heavy atom. The number of aromatic hydroxyl groups is 1. The van der Waals surface area contributed by atoms with Gasteiger partial charge in [0.1, 0.15) is 5.75 Å². The van der Waals surface area contributed by atoms with Crippen molar-refractivity contribution >= 4 is 0 Å². The lowest BCUT2D eigenvalue weighted by Crippen LogP contribution is -2.32. The van der Waals surface area contributed by atoms with E-state index in [-0.39, 0.29) is 11.8 Å². The number of aliphatic hydroxyl groups is 1. The second-order valence-corrected chi connectivity index (χ2v) is 5.81. The number of ether oxygens (including phenoxy) is 2. The Morgan fingerprint density at radius 1 is 1.00 bits per heavy atom. The van der Waals surface area contributed by atoms with E-state index in [0.717, 1.165) is 17.5 Å². The molecule has 0 spiro atoms. The SMILES string of the molecule is COc1ccc(C[C@@H](C)NC[C@H](O)c2ccc(O)cc2)cc1OC. The monoisotopic (exact) mass is 331 g/mol. The first-order chi connectivity index (χ1) is 11.5. The number of phenolic OH excluding ortho intramolecular Hbond substituents is 1. The topological polar surface area (TPSA) is 71.0 Å². The molecule has 0 fully saturated rings. The van der Waals surface area contributed by atoms with Crippen LogP contribution in [0, 0.1) is 0 Å². The number of methoxy groups -OCH3 is 2. The molecule has 0 aliphatic heterocycles. The van der Waals surface area contributed by atoms with E-state index in [1.165, 1.54) is 0 Å². The van der Waals surface area contributed by atoms with Gasteiger partial charge in [-0.1, -0.05) is 18.2 Å². The fourth-order valence-corrected chi connectivity index (χ4v) is 2.56. The number of aliphatic hydroxyl groups excluding tert-OH is 1. The molecular weight excluding hydrogens is 306 g/mol. The van der Waals surface area contributed by atoms with Crippen molar-refractivity contribution < 1.29 is 19.7 Å². The van der Waals surface area contributed by atoms with Crippen LogP contribution in [0.15, 0.2) is 42.5 Å². The molecule has 0 bridgehead atoms. The van der Waals surface area contributed by atoms with Crippen LogP contribution < -0.4 is 14.8 Å². The summed E-state index contributed by atoms with van der Waals surface area (Å²) in [4.78, 5) is 0. The van der Waals surface area contributed by atoms with Crippen LogP contribution in [0.1, 0.15) is 24.2 Å². The van der Waals surface area contributed by atoms with Gasteiger partial charge in [0.25, 0.3) is 0 Å². The van der Waals surface area contributed by atoms with Crippen LogP contribution in [-0.4, -0.2) is 37.0 Å². The highest BCUT2D eigenvalue weighted by atomic mass is 16.5. The maximum atomic E-state index is 10.2. The maximum Gasteiger partial charge on any atom is 0.160 e. The van der Waals surface area contributed by atoms with Crippen LogP contribution >= 0.6 is 0 Å². The summed E-state index contributed by atoms with van der Waals surface area (Å²) < 4.78 is 10.6. The Hall–Kier alpha value is -2.24. The smallest absolute Gasteiger partial charge is 0.160 e. The Kier molecular flexibility index (Phi) is 6.46. The van der Waals surface area contributed by atoms with Crippen LogP contribution in [0.3, 0.4) is 0 Å². The van der Waals surface area contributed by atoms with Crippen LogP contribution in [0.4, 0.5) is 0 Å². The first-order valence-electron chi connectivity index (χ1n) is 7.94. The number of phenols is 1. The maximum absolute atomic E-state index is 10.2. The molecule has 0 unspecified atom stereocenters. The van der Waals surface area contributed by atoms with Gasteiger partial charge in [-0.05, 0) is 48.7 Å². The molecule has 0 aliphatic carbocycles. The van der Waals surface area contributed by atoms with Gasteiger partial charge < -0.3 is 25.0 Å². The highest BCUT2D eigenvalue weighted by Crippen LogP contribution is 2.28. The van der Waals surface area contributed by atoms with Gasteiger partial charge in [0.05, 0.1) is 20.3 Å². The van der Waals surface area contributed by atoms with Gasteiger partial charge in [-0.3, -0.25) is 0 Å². The van der Waals surface area contributed by atoms with Crippen molar-refractivity contribution in [3.05, 3.63) is 53.6 Å². The number of rotatable bonds is 8. The molecule has 24 heavy (non-hydrogen) atoms. The molecule has 3 N–H and O–H groups in total. The third-order valence-electron chi connectivity index (χ3n) is 3.93. The van der Waals surface area contributed by atoms with Gasteiger partial charge >= 0.3 is 0 Å². The van der Waals surface area contributed by atoms with Crippen molar-refractivity contribution in [2.45, 2.75) is 25.5 Å². The molecule has 2 aromatic rings. The zero-order valence-electron chi connectivity index (χ0n) is 14.3. The third-order valence-corrected chi connectivity index (χ3v) is 3.93. The van der Waals surface area contributed by atoms with E-state index < -0.39 is 6.10 Å². The van der Waals surface area contributed by atoms with Crippen molar-refractivity contribution in [3.8, 4) is 17.2 Å². The second kappa shape index (κ2) is 8.57. The van der Waals surface area contributed by atoms with Crippen molar-refractivity contribution in [1.82, 2.24) is 5.32 Å². The fourth-order valence-electron chi connectivity index (χ4n) is 2.56. The summed E-state index contributed by atoms with van der Waals surface area (Å²) in [6.45, 7) is 2.51. The lowest BCUT2D eigenvalue weighted by molar-refractivity contribution is 0.170. The lowest BCUT2D eigenvalue weighted by Gasteiger charge is -2.18. The average Bonchev–Trinajstić information content (AvgIpc) is 2.60. The summed E-state index contributed by atoms with van der Waals surface area (Å²) in [5, 5.41) is 22.8. The molecule has 2 aromatic carbocycles. The summed E-state index contributed by atoms with van der Waals surface area (Å²) in [6.07, 6.45) is 0.196. The summed E-state index contributed by atoms with van der Waals surface area (Å²) in [5.74, 6) is 1.62. The first-order valence-corrected chi connectivity index (χ1v) is 7.94. The standard InChI is InChI=1S/C19H25NO4/c1-13(10-14-4-9-18(23-2)19(11-14)24-3)20-12-17(22)15-5-7-16(21)8-6-15/h4-9,11,13,17,20-22H,10,12H2,1-3H3/t13-,17+/m1/s1. The Morgan fingerprint density at radius 3 is 2.29 bits per heavy atom. The first kappa shape index (κ1) is 18.1. The Labute approximate surface area is 142 Å². The number of benzene rings is 2. The minimum Gasteiger partial charge on any atom is -0.508 e. The van der Waals surface area contributed by atoms with Gasteiger partial charge in [0, 0.05) is 12.6 Å². The van der Waals surface area contributed by atoms with Gasteiger partial charge in [-0.15, -0.1) is 0 Å². The predicted molar refractivity (Wildman–Crippen MR) is 93.8 cm³/mol. The van der Waals surface area contributed by atoms with Crippen molar-refractivity contribution in [2.75, 3.05) is 20.8 Å². The van der Waals surface area contributed by atoms with E-state index in [1.54, 1.807) is 38.5 Å². The quantitative estimate of drug-likeness (QED) is 0.694. The molecule has 0 saturated heterocycles. The summed E-state index contributed by atoms with van der Waals surface area (Å²) in [5.41, 5.74) is 1.91. The van der Waals surface area contributed by atoms with Gasteiger partial charge in [-0.25, -0.2) is 0 Å². The molecule has 0 aromatic heterocycles. The highest BCUT2D eigenvalue weighted by Gasteiger charge is 2.11. The molecule has 0 saturated carbocycles. The van der Waals surface area contributed by atoms with E-state index in [1.807, 2.05) is 18.2 Å². The summed E-state index contributed by atoms with van der Waals surface area (Å²) in [6, 6.07) is 12.7. The minimum atomic E-state index is -0.613. The molecule has 5 nitrogen and oxygen atoms in total. The lowest BCUT2D eigenvalue weighted by atomic mass is 10.1. The van der Waals surface area contributed by atoms with Gasteiger partial charge in [-0.2, -0.15) is 0 Å². The molecule has 5 heteroatoms. The molecule has 2 rings (SSSR count). The Balaban J connectivity index is 1.88. The zero-order chi connectivity index (χ0) is 17.5. The highest BCUT2D eigenvalue weighted by molar-refractivity contribution is 5.43. The van der Waals surface area contributed by atoms with Crippen molar-refractivity contribution in [2.24, 2.45) is 0 Å². The molecular formula is C19H25NO4. The van der Waals surface area contributed by atoms with E-state index >= 15 is 0 Å². The van der Waals surface area contributed by atoms with Crippen LogP contribution in [-0.2, 0) is 6.42 Å². The van der Waals surface area contributed by atoms with Crippen LogP contribution in [0.2, 0.25) is 0 Å². The number of hydrogen-bond acceptors (Lipinski definition) is 5. The van der Waals surface area contributed by atoms with E-state index in [2.05, 4.69) is 12.2 Å². The van der Waals surface area contributed by atoms with Gasteiger partial charge in [0.2, 0.25) is 0 Å². The molecule has 0 radical (unpaired) electrons. The van der Waals surface area contributed by atoms with Crippen LogP contribution in [0.25, 0.3) is 0 Å². The largest absolute Gasteiger partial charge is 0.508 e. The fraction of sp³-hybridized carbons (Fsp3) is 0.368. The average molecular weight is 331 g/mol. The van der Waals surface area contributed by atoms with Crippen LogP contribution in [0.5, 0.6) is 17.2 Å². The predicted octanol–water partition coefficient (Wildman–Crippen LogP) is 2.66. The summed E-state index contributed by atoms with van der Waals surface area (Å²) >= 11 is 0. The van der Waals surface area contributed by atoms with E-state index in [0.29, 0.717) is 18.0 Å². The zero-order valence-corrected chi connectivity index (χ0v) is 14.3. The van der Waals surface area contributed by atoms with Gasteiger partial charge in [0.15, 0.2) is 11.5 Å². The van der Waals surface area contributed by atoms with Crippen molar-refractivity contribution in [3.63, 3.8) is 0 Å². The minimum absolute atomic E-state index is 0.190. The molecule has 0 amide bonds. The normalized spacial score (nSPS) is 13.3. The molecule has 2 atom stereocenters. The van der Waals surface area contributed by atoms with E-state index in [9.17, 15) is 10.2 Å². The molecule has 0 heterocycles. The molecule has 130 valence electrons. The van der Waals surface area contributed by atoms with E-state index in [4.69, 9.17) is 9.47 Å². The second-order valence-electron chi connectivity index (χ2n) is 5.81.